The molecule has 0 aliphatic carbocycles. The molecule has 0 bridgehead atoms. The fourth-order valence-electron chi connectivity index (χ4n) is 3.26. The van der Waals surface area contributed by atoms with Crippen LogP contribution in [0.2, 0.25) is 0 Å². The first kappa shape index (κ1) is 12.7. The highest BCUT2D eigenvalue weighted by molar-refractivity contribution is 5.39. The van der Waals surface area contributed by atoms with Crippen molar-refractivity contribution in [2.45, 2.75) is 38.6 Å². The number of likely N-dealkylation sites (tertiary alicyclic amines) is 1. The highest BCUT2D eigenvalue weighted by Gasteiger charge is 2.29. The first-order valence-corrected chi connectivity index (χ1v) is 7.29. The van der Waals surface area contributed by atoms with E-state index in [4.69, 9.17) is 0 Å². The third-order valence-electron chi connectivity index (χ3n) is 4.24. The summed E-state index contributed by atoms with van der Waals surface area (Å²) in [5.41, 5.74) is -0.0519. The van der Waals surface area contributed by atoms with Crippen molar-refractivity contribution in [1.82, 2.24) is 14.9 Å². The molecule has 1 atom stereocenters. The fraction of sp³-hybridized carbons (Fsp3) is 0.714. The Labute approximate surface area is 113 Å². The van der Waals surface area contributed by atoms with Gasteiger partial charge < -0.3 is 9.88 Å². The van der Waals surface area contributed by atoms with Crippen molar-refractivity contribution in [3.8, 4) is 0 Å². The number of hydrogen-bond acceptors (Lipinski definition) is 4. The second-order valence-corrected chi connectivity index (χ2v) is 5.67. The van der Waals surface area contributed by atoms with E-state index in [1.54, 1.807) is 6.07 Å². The molecule has 1 unspecified atom stereocenters. The summed E-state index contributed by atoms with van der Waals surface area (Å²) in [5.74, 6) is 1.53. The normalized spacial score (nSPS) is 24.9. The summed E-state index contributed by atoms with van der Waals surface area (Å²) in [4.78, 5) is 23.5. The highest BCUT2D eigenvalue weighted by atomic mass is 16.1. The molecule has 0 aromatic carbocycles. The van der Waals surface area contributed by atoms with Crippen LogP contribution in [0.5, 0.6) is 0 Å². The average molecular weight is 262 g/mol. The quantitative estimate of drug-likeness (QED) is 0.868. The number of nitrogens with zero attached hydrogens (tertiary/aromatic N) is 3. The van der Waals surface area contributed by atoms with E-state index in [1.807, 2.05) is 6.92 Å². The van der Waals surface area contributed by atoms with Gasteiger partial charge in [0.2, 0.25) is 0 Å². The lowest BCUT2D eigenvalue weighted by atomic mass is 10.1. The third kappa shape index (κ3) is 2.81. The van der Waals surface area contributed by atoms with E-state index in [9.17, 15) is 4.79 Å². The van der Waals surface area contributed by atoms with Gasteiger partial charge in [-0.25, -0.2) is 4.98 Å². The molecule has 3 heterocycles. The van der Waals surface area contributed by atoms with Crippen molar-refractivity contribution in [2.75, 3.05) is 31.1 Å². The van der Waals surface area contributed by atoms with Gasteiger partial charge in [-0.3, -0.25) is 9.69 Å². The molecular weight excluding hydrogens is 240 g/mol. The second-order valence-electron chi connectivity index (χ2n) is 5.67. The first-order valence-electron chi connectivity index (χ1n) is 7.29. The van der Waals surface area contributed by atoms with E-state index in [0.717, 1.165) is 18.9 Å². The summed E-state index contributed by atoms with van der Waals surface area (Å²) in [6.07, 6.45) is 5.23. The third-order valence-corrected chi connectivity index (χ3v) is 4.24. The molecule has 2 aliphatic heterocycles. The van der Waals surface area contributed by atoms with Gasteiger partial charge in [0.1, 0.15) is 11.6 Å². The zero-order valence-electron chi connectivity index (χ0n) is 11.6. The maximum atomic E-state index is 11.5. The Morgan fingerprint density at radius 2 is 2.05 bits per heavy atom. The van der Waals surface area contributed by atoms with Crippen LogP contribution in [0.3, 0.4) is 0 Å². The van der Waals surface area contributed by atoms with Crippen LogP contribution < -0.4 is 10.5 Å². The Morgan fingerprint density at radius 3 is 2.79 bits per heavy atom. The van der Waals surface area contributed by atoms with Gasteiger partial charge in [0, 0.05) is 25.2 Å². The van der Waals surface area contributed by atoms with Crippen LogP contribution in [-0.2, 0) is 0 Å². The van der Waals surface area contributed by atoms with Crippen molar-refractivity contribution >= 4 is 5.82 Å². The van der Waals surface area contributed by atoms with E-state index >= 15 is 0 Å². The molecule has 2 aliphatic rings. The van der Waals surface area contributed by atoms with Gasteiger partial charge in [-0.15, -0.1) is 0 Å². The van der Waals surface area contributed by atoms with Crippen molar-refractivity contribution in [3.05, 3.63) is 22.2 Å². The fourth-order valence-corrected chi connectivity index (χ4v) is 3.26. The van der Waals surface area contributed by atoms with E-state index in [2.05, 4.69) is 19.8 Å². The molecule has 0 amide bonds. The molecule has 104 valence electrons. The minimum atomic E-state index is -0.0519. The van der Waals surface area contributed by atoms with Gasteiger partial charge in [0.05, 0.1) is 0 Å². The largest absolute Gasteiger partial charge is 0.355 e. The number of aromatic nitrogens is 2. The number of anilines is 1. The Kier molecular flexibility index (Phi) is 3.55. The van der Waals surface area contributed by atoms with E-state index in [0.29, 0.717) is 11.9 Å². The molecule has 2 saturated heterocycles. The molecular formula is C14H22N4O. The zero-order valence-corrected chi connectivity index (χ0v) is 11.6. The lowest BCUT2D eigenvalue weighted by Crippen LogP contribution is -2.41. The van der Waals surface area contributed by atoms with Crippen molar-refractivity contribution < 1.29 is 0 Å². The molecule has 1 aromatic heterocycles. The van der Waals surface area contributed by atoms with Crippen molar-refractivity contribution in [3.63, 3.8) is 0 Å². The molecule has 0 spiro atoms. The molecule has 1 aromatic rings. The smallest absolute Gasteiger partial charge is 0.252 e. The summed E-state index contributed by atoms with van der Waals surface area (Å²) in [6, 6.07) is 2.26. The summed E-state index contributed by atoms with van der Waals surface area (Å²) in [6.45, 7) is 6.33. The van der Waals surface area contributed by atoms with Gasteiger partial charge in [0.25, 0.3) is 5.56 Å². The molecule has 3 rings (SSSR count). The Bertz CT molecular complexity index is 492. The number of H-pyrrole nitrogens is 1. The topological polar surface area (TPSA) is 52.2 Å². The zero-order chi connectivity index (χ0) is 13.2. The molecule has 2 fully saturated rings. The van der Waals surface area contributed by atoms with Gasteiger partial charge in [0.15, 0.2) is 0 Å². The summed E-state index contributed by atoms with van der Waals surface area (Å²) in [7, 11) is 0. The van der Waals surface area contributed by atoms with Crippen LogP contribution in [0.25, 0.3) is 0 Å². The van der Waals surface area contributed by atoms with E-state index < -0.39 is 0 Å². The first-order chi connectivity index (χ1) is 9.22. The number of rotatable bonds is 2. The maximum Gasteiger partial charge on any atom is 0.252 e. The minimum absolute atomic E-state index is 0.0519. The lowest BCUT2D eigenvalue weighted by molar-refractivity contribution is 0.175. The van der Waals surface area contributed by atoms with Crippen molar-refractivity contribution in [1.29, 1.82) is 0 Å². The molecule has 0 radical (unpaired) electrons. The summed E-state index contributed by atoms with van der Waals surface area (Å²) in [5, 5.41) is 0. The van der Waals surface area contributed by atoms with Crippen LogP contribution in [0, 0.1) is 6.92 Å². The number of hydrogen-bond donors (Lipinski definition) is 1. The number of nitrogens with one attached hydrogen (secondary N) is 1. The summed E-state index contributed by atoms with van der Waals surface area (Å²) >= 11 is 0. The molecule has 0 saturated carbocycles. The molecule has 5 nitrogen and oxygen atoms in total. The number of aryl methyl sites for hydroxylation is 1. The predicted molar refractivity (Wildman–Crippen MR) is 75.6 cm³/mol. The van der Waals surface area contributed by atoms with E-state index in [1.165, 1.54) is 38.8 Å². The average Bonchev–Trinajstić information content (AvgIpc) is 2.88. The van der Waals surface area contributed by atoms with Crippen LogP contribution in [-0.4, -0.2) is 47.1 Å². The van der Waals surface area contributed by atoms with Gasteiger partial charge >= 0.3 is 0 Å². The van der Waals surface area contributed by atoms with Gasteiger partial charge in [-0.1, -0.05) is 6.42 Å². The highest BCUT2D eigenvalue weighted by Crippen LogP contribution is 2.23. The SMILES string of the molecule is Cc1nc(N2CCC(N3CCCCC3)C2)cc(=O)[nH]1. The van der Waals surface area contributed by atoms with Gasteiger partial charge in [-0.2, -0.15) is 0 Å². The standard InChI is InChI=1S/C14H22N4O/c1-11-15-13(9-14(19)16-11)18-8-5-12(10-18)17-6-3-2-4-7-17/h9,12H,2-8,10H2,1H3,(H,15,16,19). The predicted octanol–water partition coefficient (Wildman–Crippen LogP) is 1.14. The monoisotopic (exact) mass is 262 g/mol. The molecule has 19 heavy (non-hydrogen) atoms. The van der Waals surface area contributed by atoms with Crippen molar-refractivity contribution in [2.24, 2.45) is 0 Å². The van der Waals surface area contributed by atoms with Crippen LogP contribution in [0.15, 0.2) is 10.9 Å². The Morgan fingerprint density at radius 1 is 1.26 bits per heavy atom. The molecule has 1 N–H and O–H groups in total. The van der Waals surface area contributed by atoms with Crippen LogP contribution >= 0.6 is 0 Å². The number of piperidine rings is 1. The lowest BCUT2D eigenvalue weighted by Gasteiger charge is -2.32. The Balaban J connectivity index is 1.69. The molecule has 5 heteroatoms. The van der Waals surface area contributed by atoms with Crippen LogP contribution in [0.1, 0.15) is 31.5 Å². The van der Waals surface area contributed by atoms with E-state index in [-0.39, 0.29) is 5.56 Å². The summed E-state index contributed by atoms with van der Waals surface area (Å²) < 4.78 is 0. The van der Waals surface area contributed by atoms with Gasteiger partial charge in [-0.05, 0) is 39.3 Å². The Hall–Kier alpha value is -1.36. The number of aromatic amines is 1. The van der Waals surface area contributed by atoms with Crippen LogP contribution in [0.4, 0.5) is 5.82 Å². The minimum Gasteiger partial charge on any atom is -0.355 e. The maximum absolute atomic E-state index is 11.5. The second kappa shape index (κ2) is 5.33.